The predicted molar refractivity (Wildman–Crippen MR) is 260 cm³/mol. The summed E-state index contributed by atoms with van der Waals surface area (Å²) in [5.41, 5.74) is 8.40. The molecule has 1 amide bonds. The first kappa shape index (κ1) is 50.9. The average Bonchev–Trinajstić information content (AvgIpc) is 4.02. The molecule has 6 aliphatic heterocycles. The van der Waals surface area contributed by atoms with Crippen LogP contribution in [0, 0.1) is 69.0 Å². The first-order chi connectivity index (χ1) is 32.8. The Morgan fingerprint density at radius 2 is 1.67 bits per heavy atom. The van der Waals surface area contributed by atoms with Crippen molar-refractivity contribution in [1.29, 1.82) is 5.26 Å². The smallest absolute Gasteiger partial charge is 0.374 e. The van der Waals surface area contributed by atoms with E-state index in [1.165, 1.54) is 63.5 Å². The van der Waals surface area contributed by atoms with E-state index in [2.05, 4.69) is 107 Å². The highest BCUT2D eigenvalue weighted by Crippen LogP contribution is 2.58. The topological polar surface area (TPSA) is 160 Å². The molecule has 4 saturated carbocycles. The van der Waals surface area contributed by atoms with Crippen molar-refractivity contribution in [3.05, 3.63) is 0 Å². The number of hydrogen-bond donors (Lipinski definition) is 6. The lowest BCUT2D eigenvalue weighted by atomic mass is 9.49. The van der Waals surface area contributed by atoms with Gasteiger partial charge in [0.1, 0.15) is 12.5 Å². The number of fused-ring (bicyclic) bond motifs is 3. The predicted octanol–water partition coefficient (Wildman–Crippen LogP) is 6.26. The summed E-state index contributed by atoms with van der Waals surface area (Å²) in [6.45, 7) is 20.5. The summed E-state index contributed by atoms with van der Waals surface area (Å²) < 4.78 is 56.4. The maximum Gasteiger partial charge on any atom is 0.522 e. The highest BCUT2D eigenvalue weighted by atomic mass is 32.2. The summed E-state index contributed by atoms with van der Waals surface area (Å²) in [5, 5.41) is 24.7. The number of piperidine rings is 1. The lowest BCUT2D eigenvalue weighted by Gasteiger charge is -2.64. The van der Waals surface area contributed by atoms with E-state index in [9.17, 15) is 23.2 Å². The van der Waals surface area contributed by atoms with Gasteiger partial charge in [0, 0.05) is 79.3 Å². The third-order valence-electron chi connectivity index (χ3n) is 19.5. The average molecular weight is 989 g/mol. The molecular formula is C51H83F3N10O4S. The van der Waals surface area contributed by atoms with Gasteiger partial charge in [-0.25, -0.2) is 10.9 Å². The summed E-state index contributed by atoms with van der Waals surface area (Å²) in [5.74, 6) is 2.34. The van der Waals surface area contributed by atoms with Crippen LogP contribution < -0.4 is 32.1 Å². The summed E-state index contributed by atoms with van der Waals surface area (Å²) in [6.07, 6.45) is 7.36. The highest BCUT2D eigenvalue weighted by molar-refractivity contribution is 8.00. The molecule has 69 heavy (non-hydrogen) atoms. The fourth-order valence-corrected chi connectivity index (χ4v) is 17.8. The number of halogens is 3. The van der Waals surface area contributed by atoms with Crippen LogP contribution in [0.2, 0.25) is 0 Å². The number of likely N-dealkylation sites (tertiary alicyclic amines) is 1. The summed E-state index contributed by atoms with van der Waals surface area (Å²) >= 11 is 2.18. The van der Waals surface area contributed by atoms with Crippen LogP contribution in [0.25, 0.3) is 0 Å². The number of nitrogens with zero attached hydrogens (tertiary/aromatic N) is 4. The molecule has 388 valence electrons. The van der Waals surface area contributed by atoms with Gasteiger partial charge in [-0.1, -0.05) is 41.5 Å². The number of nitriles is 1. The van der Waals surface area contributed by atoms with Crippen LogP contribution in [0.1, 0.15) is 132 Å². The molecule has 0 bridgehead atoms. The minimum Gasteiger partial charge on any atom is -0.374 e. The van der Waals surface area contributed by atoms with Gasteiger partial charge in [0.05, 0.1) is 66.6 Å². The van der Waals surface area contributed by atoms with Gasteiger partial charge in [0.2, 0.25) is 5.91 Å². The lowest BCUT2D eigenvalue weighted by molar-refractivity contribution is -0.353. The van der Waals surface area contributed by atoms with E-state index in [4.69, 9.17) is 14.5 Å². The first-order valence-corrected chi connectivity index (χ1v) is 27.9. The standard InChI is InChI=1S/C51H83F3N10O4S/c1-28-29(2)69-44-40(28)41(59-37(22-39-56-16-19-66-39)42-62-61-30(3)64(42)44)33-10-8-31(9-11-33)20-32-23-50(24-32)14-17-63(18-15-50)47-57-26-35(27-58-47)43(65)60-45-48(4,5)46(49(45,6)7)67-36-13-12-34(25-55)38(21-36)68-51(52,53)54/h28-40,42,44-47,56-58,61-62H,8-24,26-27H2,1-7H3,(H,60,65)/t28?,29?,30?,31?,33?,34?,35?,36?,37-,38?,39?,40?,42?,44?,45?,46?,47?/m0/s1. The molecule has 11 atom stereocenters. The molecule has 10 aliphatic rings. The number of rotatable bonds is 11. The maximum absolute atomic E-state index is 13.8. The minimum atomic E-state index is -4.81. The van der Waals surface area contributed by atoms with E-state index in [0.29, 0.717) is 59.7 Å². The Morgan fingerprint density at radius 1 is 0.957 bits per heavy atom. The van der Waals surface area contributed by atoms with Crippen molar-refractivity contribution >= 4 is 23.4 Å². The Labute approximate surface area is 413 Å². The molecule has 0 aromatic heterocycles. The largest absolute Gasteiger partial charge is 0.522 e. The Bertz CT molecular complexity index is 1870. The van der Waals surface area contributed by atoms with E-state index < -0.39 is 35.3 Å². The van der Waals surface area contributed by atoms with Gasteiger partial charge in [0.15, 0.2) is 0 Å². The van der Waals surface area contributed by atoms with Crippen molar-refractivity contribution in [1.82, 2.24) is 41.9 Å². The van der Waals surface area contributed by atoms with Crippen molar-refractivity contribution in [2.24, 2.45) is 62.7 Å². The third-order valence-corrected chi connectivity index (χ3v) is 21.1. The highest BCUT2D eigenvalue weighted by Gasteiger charge is 2.64. The van der Waals surface area contributed by atoms with Crippen LogP contribution in [0.5, 0.6) is 0 Å². The Balaban J connectivity index is 0.654. The zero-order valence-corrected chi connectivity index (χ0v) is 43.1. The van der Waals surface area contributed by atoms with E-state index in [0.717, 1.165) is 44.5 Å². The van der Waals surface area contributed by atoms with Crippen molar-refractivity contribution in [2.45, 2.75) is 204 Å². The molecule has 18 heteroatoms. The van der Waals surface area contributed by atoms with Crippen LogP contribution in [0.15, 0.2) is 4.99 Å². The van der Waals surface area contributed by atoms with Crippen LogP contribution in [-0.2, 0) is 19.0 Å². The number of alkyl halides is 3. The number of nitrogens with one attached hydrogen (secondary N) is 6. The van der Waals surface area contributed by atoms with E-state index in [1.54, 1.807) is 0 Å². The van der Waals surface area contributed by atoms with Gasteiger partial charge in [-0.15, -0.1) is 24.9 Å². The van der Waals surface area contributed by atoms with Crippen molar-refractivity contribution in [2.75, 3.05) is 39.3 Å². The van der Waals surface area contributed by atoms with Crippen molar-refractivity contribution in [3.63, 3.8) is 0 Å². The number of hydrogen-bond acceptors (Lipinski definition) is 14. The van der Waals surface area contributed by atoms with E-state index in [-0.39, 0.29) is 61.3 Å². The fourth-order valence-electron chi connectivity index (χ4n) is 15.9. The molecule has 1 spiro atoms. The zero-order valence-electron chi connectivity index (χ0n) is 42.3. The minimum absolute atomic E-state index is 0.00329. The molecule has 6 heterocycles. The van der Waals surface area contributed by atoms with Crippen molar-refractivity contribution < 1.29 is 32.2 Å². The number of hydrazine groups is 1. The fraction of sp³-hybridized carbons (Fsp3) is 0.941. The van der Waals surface area contributed by atoms with Crippen molar-refractivity contribution in [3.8, 4) is 6.07 Å². The Morgan fingerprint density at radius 3 is 2.32 bits per heavy atom. The third kappa shape index (κ3) is 10.2. The van der Waals surface area contributed by atoms with Crippen LogP contribution in [-0.4, -0.2) is 133 Å². The Kier molecular flexibility index (Phi) is 14.7. The molecule has 9 fully saturated rings. The van der Waals surface area contributed by atoms with Gasteiger partial charge < -0.3 is 14.8 Å². The second-order valence-electron chi connectivity index (χ2n) is 24.7. The maximum atomic E-state index is 13.8. The number of amides is 1. The van der Waals surface area contributed by atoms with Gasteiger partial charge in [0.25, 0.3) is 0 Å². The number of thioether (sulfide) groups is 1. The second-order valence-corrected chi connectivity index (χ2v) is 26.2. The summed E-state index contributed by atoms with van der Waals surface area (Å²) in [4.78, 5) is 24.8. The van der Waals surface area contributed by atoms with Gasteiger partial charge in [-0.05, 0) is 107 Å². The molecule has 4 aliphatic carbocycles. The molecule has 5 saturated heterocycles. The normalized spacial score (nSPS) is 44.5. The molecule has 10 rings (SSSR count). The molecule has 14 nitrogen and oxygen atoms in total. The van der Waals surface area contributed by atoms with Crippen LogP contribution in [0.4, 0.5) is 13.2 Å². The SMILES string of the molecule is CC1SC2C(C(C3CCC(CC4CC5(CCN(C6NCC(C(=O)NC7C(C)(C)C(OC8CCC(C#N)C(OC(F)(F)F)C8)C7(C)C)CN6)CC5)C4)CC3)=N[C@@H](CC3NCCO3)C3NNC(C)N23)C1C. The Hall–Kier alpha value is -1.63. The quantitative estimate of drug-likeness (QED) is 0.138. The van der Waals surface area contributed by atoms with Gasteiger partial charge in [-0.3, -0.25) is 40.3 Å². The first-order valence-electron chi connectivity index (χ1n) is 27.0. The molecular weight excluding hydrogens is 906 g/mol. The van der Waals surface area contributed by atoms with Crippen LogP contribution >= 0.6 is 11.8 Å². The lowest BCUT2D eigenvalue weighted by Crippen LogP contribution is -2.75. The number of ether oxygens (including phenoxy) is 3. The second kappa shape index (κ2) is 19.9. The number of aliphatic imine (C=N–C) groups is 1. The van der Waals surface area contributed by atoms with Gasteiger partial charge >= 0.3 is 6.36 Å². The number of carbonyl (C=O) groups is 1. The molecule has 0 aromatic rings. The summed E-state index contributed by atoms with van der Waals surface area (Å²) in [7, 11) is 0. The molecule has 6 N–H and O–H groups in total. The molecule has 0 aromatic carbocycles. The van der Waals surface area contributed by atoms with E-state index >= 15 is 0 Å². The monoisotopic (exact) mass is 989 g/mol. The van der Waals surface area contributed by atoms with Crippen LogP contribution in [0.3, 0.4) is 0 Å². The molecule has 0 radical (unpaired) electrons. The molecule has 10 unspecified atom stereocenters. The zero-order chi connectivity index (χ0) is 48.6. The van der Waals surface area contributed by atoms with Gasteiger partial charge in [-0.2, -0.15) is 5.26 Å². The summed E-state index contributed by atoms with van der Waals surface area (Å²) in [6, 6.07) is 1.98. The number of carbonyl (C=O) groups excluding carboxylic acids is 1. The van der Waals surface area contributed by atoms with E-state index in [1.807, 2.05) is 6.07 Å².